The number of benzene rings is 1. The van der Waals surface area contributed by atoms with Gasteiger partial charge in [-0.05, 0) is 81.8 Å². The molecule has 0 radical (unpaired) electrons. The second-order valence-electron chi connectivity index (χ2n) is 16.0. The van der Waals surface area contributed by atoms with E-state index in [2.05, 4.69) is 58.6 Å². The van der Waals surface area contributed by atoms with E-state index in [0.717, 1.165) is 92.4 Å². The first kappa shape index (κ1) is 34.8. The summed E-state index contributed by atoms with van der Waals surface area (Å²) < 4.78 is 30.9. The summed E-state index contributed by atoms with van der Waals surface area (Å²) in [4.78, 5) is 14.2. The van der Waals surface area contributed by atoms with Crippen molar-refractivity contribution in [3.63, 3.8) is 0 Å². The molecule has 0 unspecified atom stereocenters. The minimum atomic E-state index is -1.15. The molecule has 3 aliphatic rings. The lowest BCUT2D eigenvalue weighted by atomic mass is 9.69. The SMILES string of the molecule is C[C@H]1CCCN1Cc1cc(F)cc(OC2CCN([C@H]3C[C@](CC#N)(n4cc(-c5ncnc6c5ccn6COCC[Si](C)(C)C)cn4)C3)CC2)c1. The Hall–Kier alpha value is -3.63. The number of piperidine rings is 1. The first-order valence-corrected chi connectivity index (χ1v) is 22.0. The van der Waals surface area contributed by atoms with Crippen molar-refractivity contribution < 1.29 is 13.9 Å². The van der Waals surface area contributed by atoms with Crippen molar-refractivity contribution in [2.24, 2.45) is 0 Å². The number of aromatic nitrogens is 5. The van der Waals surface area contributed by atoms with E-state index in [-0.39, 0.29) is 17.5 Å². The summed E-state index contributed by atoms with van der Waals surface area (Å²) in [6, 6.07) is 11.7. The van der Waals surface area contributed by atoms with Gasteiger partial charge in [0.15, 0.2) is 0 Å². The Labute approximate surface area is 296 Å². The van der Waals surface area contributed by atoms with E-state index in [9.17, 15) is 9.65 Å². The Balaban J connectivity index is 0.952. The average molecular weight is 699 g/mol. The van der Waals surface area contributed by atoms with Crippen LogP contribution in [0.5, 0.6) is 5.75 Å². The van der Waals surface area contributed by atoms with Crippen LogP contribution in [0.4, 0.5) is 4.39 Å². The van der Waals surface area contributed by atoms with Gasteiger partial charge < -0.3 is 14.0 Å². The van der Waals surface area contributed by atoms with Gasteiger partial charge in [-0.2, -0.15) is 10.4 Å². The molecular weight excluding hydrogens is 648 g/mol. The Morgan fingerprint density at radius 2 is 1.90 bits per heavy atom. The van der Waals surface area contributed by atoms with E-state index in [4.69, 9.17) is 14.6 Å². The van der Waals surface area contributed by atoms with E-state index in [1.54, 1.807) is 12.4 Å². The average Bonchev–Trinajstić information content (AvgIpc) is 3.81. The van der Waals surface area contributed by atoms with Gasteiger partial charge in [0.25, 0.3) is 0 Å². The molecular formula is C38H51FN8O2Si. The molecule has 7 rings (SSSR count). The maximum Gasteiger partial charge on any atom is 0.145 e. The summed E-state index contributed by atoms with van der Waals surface area (Å²) in [5.41, 5.74) is 3.25. The topological polar surface area (TPSA) is 97.3 Å². The second kappa shape index (κ2) is 14.5. The maximum atomic E-state index is 14.6. The van der Waals surface area contributed by atoms with E-state index in [1.807, 2.05) is 33.8 Å². The molecule has 3 fully saturated rings. The molecule has 0 bridgehead atoms. The van der Waals surface area contributed by atoms with Crippen molar-refractivity contribution in [3.8, 4) is 23.1 Å². The summed E-state index contributed by atoms with van der Waals surface area (Å²) in [5.74, 6) is 0.409. The van der Waals surface area contributed by atoms with Crippen molar-refractivity contribution in [2.45, 2.75) is 115 Å². The van der Waals surface area contributed by atoms with Crippen LogP contribution in [0.3, 0.4) is 0 Å². The highest BCUT2D eigenvalue weighted by Crippen LogP contribution is 2.46. The molecule has 2 saturated heterocycles. The fourth-order valence-electron chi connectivity index (χ4n) is 8.01. The normalized spacial score (nSPS) is 23.7. The summed E-state index contributed by atoms with van der Waals surface area (Å²) >= 11 is 0. The molecule has 3 aromatic heterocycles. The van der Waals surface area contributed by atoms with E-state index >= 15 is 0 Å². The van der Waals surface area contributed by atoms with Crippen molar-refractivity contribution in [2.75, 3.05) is 26.2 Å². The number of hydrogen-bond acceptors (Lipinski definition) is 8. The zero-order chi connectivity index (χ0) is 34.9. The fraction of sp³-hybridized carbons (Fsp3) is 0.579. The van der Waals surface area contributed by atoms with Gasteiger partial charge >= 0.3 is 0 Å². The highest BCUT2D eigenvalue weighted by molar-refractivity contribution is 6.76. The third kappa shape index (κ3) is 7.66. The third-order valence-corrected chi connectivity index (χ3v) is 12.8. The van der Waals surface area contributed by atoms with Crippen molar-refractivity contribution in [3.05, 3.63) is 60.6 Å². The van der Waals surface area contributed by atoms with Crippen LogP contribution < -0.4 is 4.74 Å². The van der Waals surface area contributed by atoms with Crippen LogP contribution in [-0.2, 0) is 23.6 Å². The molecule has 1 saturated carbocycles. The van der Waals surface area contributed by atoms with Crippen LogP contribution in [0.1, 0.15) is 57.4 Å². The van der Waals surface area contributed by atoms with Gasteiger partial charge in [-0.15, -0.1) is 0 Å². The Morgan fingerprint density at radius 1 is 1.08 bits per heavy atom. The van der Waals surface area contributed by atoms with Crippen LogP contribution in [0, 0.1) is 17.1 Å². The van der Waals surface area contributed by atoms with Crippen LogP contribution in [0.25, 0.3) is 22.3 Å². The molecule has 1 atom stereocenters. The van der Waals surface area contributed by atoms with Gasteiger partial charge in [0, 0.05) is 75.8 Å². The number of nitriles is 1. The van der Waals surface area contributed by atoms with Crippen LogP contribution in [0.2, 0.25) is 25.7 Å². The number of rotatable bonds is 13. The quantitative estimate of drug-likeness (QED) is 0.108. The number of halogens is 1. The first-order valence-electron chi connectivity index (χ1n) is 18.3. The summed E-state index contributed by atoms with van der Waals surface area (Å²) in [7, 11) is -1.15. The summed E-state index contributed by atoms with van der Waals surface area (Å²) in [6.45, 7) is 14.2. The largest absolute Gasteiger partial charge is 0.490 e. The number of ether oxygens (including phenoxy) is 2. The Kier molecular flexibility index (Phi) is 10.1. The number of nitrogens with zero attached hydrogens (tertiary/aromatic N) is 8. The van der Waals surface area contributed by atoms with Gasteiger partial charge in [0.05, 0.1) is 29.9 Å². The Bertz CT molecular complexity index is 1820. The Morgan fingerprint density at radius 3 is 2.64 bits per heavy atom. The molecule has 1 aromatic carbocycles. The molecule has 4 aromatic rings. The lowest BCUT2D eigenvalue weighted by Gasteiger charge is -2.52. The van der Waals surface area contributed by atoms with Crippen molar-refractivity contribution in [1.82, 2.24) is 34.1 Å². The predicted molar refractivity (Wildman–Crippen MR) is 195 cm³/mol. The molecule has 2 aliphatic heterocycles. The zero-order valence-corrected chi connectivity index (χ0v) is 31.0. The van der Waals surface area contributed by atoms with E-state index in [0.29, 0.717) is 31.0 Å². The summed E-state index contributed by atoms with van der Waals surface area (Å²) in [6.07, 6.45) is 14.0. The maximum absolute atomic E-state index is 14.6. The van der Waals surface area contributed by atoms with E-state index < -0.39 is 8.07 Å². The number of likely N-dealkylation sites (tertiary alicyclic amines) is 2. The second-order valence-corrected chi connectivity index (χ2v) is 21.6. The van der Waals surface area contributed by atoms with Gasteiger partial charge in [-0.1, -0.05) is 19.6 Å². The van der Waals surface area contributed by atoms with Gasteiger partial charge in [-0.25, -0.2) is 14.4 Å². The van der Waals surface area contributed by atoms with Gasteiger partial charge in [-0.3, -0.25) is 14.5 Å². The smallest absolute Gasteiger partial charge is 0.145 e. The zero-order valence-electron chi connectivity index (χ0n) is 30.0. The molecule has 0 spiro atoms. The molecule has 1 aliphatic carbocycles. The predicted octanol–water partition coefficient (Wildman–Crippen LogP) is 7.05. The van der Waals surface area contributed by atoms with E-state index in [1.165, 1.54) is 18.9 Å². The standard InChI is InChI=1S/C38H51FN8O2Si/c1-28-6-5-12-45(28)24-29-18-31(39)20-34(19-29)49-33-7-13-44(14-8-33)32-21-38(22-32,10-11-40)47-25-30(23-43-47)36-35-9-15-46(37(35)42-26-41-36)27-48-16-17-50(2,3)4/h9,15,18-20,23,25-26,28,32-33H,5-8,10,12-14,16-17,21-22,24,27H2,1-4H3/t28-,32-,38-/m0/s1. The molecule has 12 heteroatoms. The molecule has 5 heterocycles. The highest BCUT2D eigenvalue weighted by atomic mass is 28.3. The van der Waals surface area contributed by atoms with Crippen molar-refractivity contribution >= 4 is 19.1 Å². The molecule has 50 heavy (non-hydrogen) atoms. The third-order valence-electron chi connectivity index (χ3n) is 11.1. The van der Waals surface area contributed by atoms with Gasteiger partial charge in [0.2, 0.25) is 0 Å². The van der Waals surface area contributed by atoms with Gasteiger partial charge in [0.1, 0.15) is 36.4 Å². The van der Waals surface area contributed by atoms with Crippen LogP contribution in [-0.4, -0.2) is 86.6 Å². The van der Waals surface area contributed by atoms with Crippen molar-refractivity contribution in [1.29, 1.82) is 5.26 Å². The first-order chi connectivity index (χ1) is 24.1. The molecule has 10 nitrogen and oxygen atoms in total. The lowest BCUT2D eigenvalue weighted by Crippen LogP contribution is -2.58. The molecule has 0 N–H and O–H groups in total. The fourth-order valence-corrected chi connectivity index (χ4v) is 8.77. The minimum Gasteiger partial charge on any atom is -0.490 e. The molecule has 0 amide bonds. The highest BCUT2D eigenvalue weighted by Gasteiger charge is 2.49. The summed E-state index contributed by atoms with van der Waals surface area (Å²) in [5, 5.41) is 15.6. The van der Waals surface area contributed by atoms with Crippen LogP contribution >= 0.6 is 0 Å². The number of fused-ring (bicyclic) bond motifs is 1. The lowest BCUT2D eigenvalue weighted by molar-refractivity contribution is -0.0207. The molecule has 266 valence electrons. The number of hydrogen-bond donors (Lipinski definition) is 0. The van der Waals surface area contributed by atoms with Crippen LogP contribution in [0.15, 0.2) is 49.2 Å². The minimum absolute atomic E-state index is 0.0699. The monoisotopic (exact) mass is 698 g/mol.